The fourth-order valence-corrected chi connectivity index (χ4v) is 1.47. The number of aromatic nitrogens is 2. The molecule has 3 N–H and O–H groups in total. The molecule has 4 nitrogen and oxygen atoms in total. The second kappa shape index (κ2) is 4.04. The van der Waals surface area contributed by atoms with Crippen LogP contribution < -0.4 is 11.1 Å². The largest absolute Gasteiger partial charge is 0.394 e. The van der Waals surface area contributed by atoms with Gasteiger partial charge in [0.05, 0.1) is 11.4 Å². The summed E-state index contributed by atoms with van der Waals surface area (Å²) in [7, 11) is 1.69. The molecule has 90 valence electrons. The lowest BCUT2D eigenvalue weighted by atomic mass is 10.2. The Morgan fingerprint density at radius 3 is 2.59 bits per heavy atom. The third kappa shape index (κ3) is 2.20. The lowest BCUT2D eigenvalue weighted by Crippen LogP contribution is -1.99. The highest BCUT2D eigenvalue weighted by Crippen LogP contribution is 2.25. The Hall–Kier alpha value is -2.11. The summed E-state index contributed by atoms with van der Waals surface area (Å²) in [6.07, 6.45) is 1.57. The van der Waals surface area contributed by atoms with E-state index >= 15 is 0 Å². The molecule has 0 saturated carbocycles. The van der Waals surface area contributed by atoms with Gasteiger partial charge in [0, 0.05) is 19.3 Å². The zero-order valence-electron chi connectivity index (χ0n) is 9.46. The van der Waals surface area contributed by atoms with Gasteiger partial charge in [0.25, 0.3) is 0 Å². The predicted octanol–water partition coefficient (Wildman–Crippen LogP) is 2.33. The molecule has 0 bridgehead atoms. The van der Waals surface area contributed by atoms with Gasteiger partial charge in [-0.2, -0.15) is 5.10 Å². The van der Waals surface area contributed by atoms with Crippen LogP contribution in [0.4, 0.5) is 26.0 Å². The van der Waals surface area contributed by atoms with E-state index < -0.39 is 11.6 Å². The Labute approximate surface area is 97.0 Å². The van der Waals surface area contributed by atoms with E-state index in [-0.39, 0.29) is 11.3 Å². The molecule has 17 heavy (non-hydrogen) atoms. The summed E-state index contributed by atoms with van der Waals surface area (Å²) in [5, 5.41) is 6.65. The van der Waals surface area contributed by atoms with Crippen LogP contribution in [0.5, 0.6) is 0 Å². The summed E-state index contributed by atoms with van der Waals surface area (Å²) >= 11 is 0. The summed E-state index contributed by atoms with van der Waals surface area (Å²) in [5.41, 5.74) is 6.28. The number of halogens is 2. The summed E-state index contributed by atoms with van der Waals surface area (Å²) in [6, 6.07) is 2.20. The van der Waals surface area contributed by atoms with Gasteiger partial charge < -0.3 is 11.1 Å². The summed E-state index contributed by atoms with van der Waals surface area (Å²) in [5.74, 6) is -0.730. The smallest absolute Gasteiger partial charge is 0.175 e. The van der Waals surface area contributed by atoms with Crippen molar-refractivity contribution in [3.8, 4) is 0 Å². The van der Waals surface area contributed by atoms with Crippen molar-refractivity contribution in [1.29, 1.82) is 0 Å². The summed E-state index contributed by atoms with van der Waals surface area (Å²) in [4.78, 5) is 0. The monoisotopic (exact) mass is 238 g/mol. The van der Waals surface area contributed by atoms with Gasteiger partial charge in [-0.3, -0.25) is 4.68 Å². The number of benzene rings is 1. The van der Waals surface area contributed by atoms with Crippen LogP contribution in [-0.2, 0) is 7.05 Å². The Morgan fingerprint density at radius 2 is 2.00 bits per heavy atom. The van der Waals surface area contributed by atoms with Crippen molar-refractivity contribution in [3.63, 3.8) is 0 Å². The van der Waals surface area contributed by atoms with Crippen molar-refractivity contribution in [2.45, 2.75) is 6.92 Å². The Balaban J connectivity index is 2.36. The minimum Gasteiger partial charge on any atom is -0.394 e. The second-order valence-electron chi connectivity index (χ2n) is 3.81. The van der Waals surface area contributed by atoms with Gasteiger partial charge in [-0.25, -0.2) is 8.78 Å². The van der Waals surface area contributed by atoms with Gasteiger partial charge in [0.2, 0.25) is 0 Å². The van der Waals surface area contributed by atoms with Gasteiger partial charge in [0.15, 0.2) is 5.82 Å². The normalized spacial score (nSPS) is 10.6. The molecule has 2 aromatic rings. The molecular formula is C11H12F2N4. The highest BCUT2D eigenvalue weighted by Gasteiger charge is 2.10. The molecule has 0 spiro atoms. The van der Waals surface area contributed by atoms with E-state index in [1.165, 1.54) is 11.6 Å². The minimum absolute atomic E-state index is 0.0125. The average Bonchev–Trinajstić information content (AvgIpc) is 2.54. The maximum absolute atomic E-state index is 13.6. The molecule has 0 aliphatic rings. The molecule has 0 aliphatic heterocycles. The van der Waals surface area contributed by atoms with Crippen molar-refractivity contribution < 1.29 is 8.78 Å². The zero-order chi connectivity index (χ0) is 12.6. The molecule has 0 aliphatic carbocycles. The summed E-state index contributed by atoms with van der Waals surface area (Å²) in [6.45, 7) is 1.50. The zero-order valence-corrected chi connectivity index (χ0v) is 9.46. The van der Waals surface area contributed by atoms with Crippen molar-refractivity contribution in [3.05, 3.63) is 35.5 Å². The molecular weight excluding hydrogens is 226 g/mol. The second-order valence-corrected chi connectivity index (χ2v) is 3.81. The number of hydrogen-bond acceptors (Lipinski definition) is 3. The molecule has 0 amide bonds. The third-order valence-electron chi connectivity index (χ3n) is 2.36. The SMILES string of the molecule is Cc1cc(F)c(Nc2nn(C)cc2N)cc1F. The molecule has 6 heteroatoms. The molecule has 1 heterocycles. The van der Waals surface area contributed by atoms with Crippen LogP contribution in [0, 0.1) is 18.6 Å². The van der Waals surface area contributed by atoms with Crippen molar-refractivity contribution in [2.24, 2.45) is 7.05 Å². The van der Waals surface area contributed by atoms with Crippen molar-refractivity contribution >= 4 is 17.2 Å². The Kier molecular flexibility index (Phi) is 2.71. The molecule has 0 saturated heterocycles. The van der Waals surface area contributed by atoms with Gasteiger partial charge >= 0.3 is 0 Å². The van der Waals surface area contributed by atoms with E-state index in [9.17, 15) is 8.78 Å². The number of aryl methyl sites for hydroxylation is 2. The van der Waals surface area contributed by atoms with Crippen LogP contribution in [0.1, 0.15) is 5.56 Å². The molecule has 1 aromatic carbocycles. The van der Waals surface area contributed by atoms with E-state index in [0.717, 1.165) is 12.1 Å². The molecule has 0 unspecified atom stereocenters. The van der Waals surface area contributed by atoms with Gasteiger partial charge in [0.1, 0.15) is 11.6 Å². The van der Waals surface area contributed by atoms with E-state index in [1.54, 1.807) is 13.2 Å². The van der Waals surface area contributed by atoms with Crippen molar-refractivity contribution in [1.82, 2.24) is 9.78 Å². The molecule has 1 aromatic heterocycles. The lowest BCUT2D eigenvalue weighted by Gasteiger charge is -2.07. The quantitative estimate of drug-likeness (QED) is 0.844. The Bertz CT molecular complexity index is 563. The van der Waals surface area contributed by atoms with Gasteiger partial charge in [-0.05, 0) is 18.6 Å². The third-order valence-corrected chi connectivity index (χ3v) is 2.36. The first kappa shape index (κ1) is 11.4. The van der Waals surface area contributed by atoms with E-state index in [4.69, 9.17) is 5.73 Å². The number of nitrogens with one attached hydrogen (secondary N) is 1. The van der Waals surface area contributed by atoms with Crippen LogP contribution in [0.2, 0.25) is 0 Å². The number of rotatable bonds is 2. The number of hydrogen-bond donors (Lipinski definition) is 2. The molecule has 0 atom stereocenters. The van der Waals surface area contributed by atoms with Gasteiger partial charge in [-0.1, -0.05) is 0 Å². The molecule has 0 radical (unpaired) electrons. The van der Waals surface area contributed by atoms with Crippen LogP contribution in [0.25, 0.3) is 0 Å². The fraction of sp³-hybridized carbons (Fsp3) is 0.182. The number of nitrogens with two attached hydrogens (primary N) is 1. The number of anilines is 3. The van der Waals surface area contributed by atoms with Crippen LogP contribution >= 0.6 is 0 Å². The number of nitrogen functional groups attached to an aromatic ring is 1. The van der Waals surface area contributed by atoms with E-state index in [1.807, 2.05) is 0 Å². The van der Waals surface area contributed by atoms with Crippen LogP contribution in [-0.4, -0.2) is 9.78 Å². The fourth-order valence-electron chi connectivity index (χ4n) is 1.47. The molecule has 2 rings (SSSR count). The van der Waals surface area contributed by atoms with Crippen LogP contribution in [0.3, 0.4) is 0 Å². The van der Waals surface area contributed by atoms with E-state index in [0.29, 0.717) is 11.5 Å². The first-order chi connectivity index (χ1) is 7.97. The maximum atomic E-state index is 13.6. The van der Waals surface area contributed by atoms with Gasteiger partial charge in [-0.15, -0.1) is 0 Å². The minimum atomic E-state index is -0.547. The van der Waals surface area contributed by atoms with Crippen molar-refractivity contribution in [2.75, 3.05) is 11.1 Å². The average molecular weight is 238 g/mol. The predicted molar refractivity (Wildman–Crippen MR) is 62.0 cm³/mol. The first-order valence-electron chi connectivity index (χ1n) is 4.99. The summed E-state index contributed by atoms with van der Waals surface area (Å²) < 4.78 is 28.3. The molecule has 0 fully saturated rings. The topological polar surface area (TPSA) is 55.9 Å². The van der Waals surface area contributed by atoms with Crippen LogP contribution in [0.15, 0.2) is 18.3 Å². The standard InChI is InChI=1S/C11H12F2N4/c1-6-3-8(13)10(4-7(6)12)15-11-9(14)5-17(2)16-11/h3-5H,14H2,1-2H3,(H,15,16). The van der Waals surface area contributed by atoms with E-state index in [2.05, 4.69) is 10.4 Å². The highest BCUT2D eigenvalue weighted by atomic mass is 19.1. The lowest BCUT2D eigenvalue weighted by molar-refractivity contribution is 0.595. The number of nitrogens with zero attached hydrogens (tertiary/aromatic N) is 2. The highest BCUT2D eigenvalue weighted by molar-refractivity contribution is 5.68. The maximum Gasteiger partial charge on any atom is 0.175 e. The Morgan fingerprint density at radius 1 is 1.29 bits per heavy atom. The first-order valence-corrected chi connectivity index (χ1v) is 4.99.